The van der Waals surface area contributed by atoms with Gasteiger partial charge in [-0.3, -0.25) is 4.55 Å². The standard InChI is InChI=1S/C18H26O7S/c1-3-15(19)11-24-17-6-5-14-10-18(26(21,22)23,8-7-13(14)9-17)25-12-16(20)4-2/h5-9,15-16,19-20H,3-4,10-12H2,1-2H3,(H,21,22,23). The van der Waals surface area contributed by atoms with Crippen molar-refractivity contribution in [1.82, 2.24) is 0 Å². The highest BCUT2D eigenvalue weighted by molar-refractivity contribution is 7.87. The fourth-order valence-electron chi connectivity index (χ4n) is 2.54. The van der Waals surface area contributed by atoms with Crippen LogP contribution < -0.4 is 4.74 Å². The van der Waals surface area contributed by atoms with Crippen molar-refractivity contribution in [2.24, 2.45) is 0 Å². The molecule has 1 aliphatic rings. The average molecular weight is 386 g/mol. The Morgan fingerprint density at radius 3 is 2.42 bits per heavy atom. The average Bonchev–Trinajstić information content (AvgIpc) is 2.62. The third kappa shape index (κ3) is 4.83. The SMILES string of the molecule is CCC(O)COc1ccc2c(c1)C=CC(OCC(O)CC)(S(=O)(=O)O)C2. The minimum absolute atomic E-state index is 0.0774. The lowest BCUT2D eigenvalue weighted by molar-refractivity contribution is -0.0150. The molecule has 0 fully saturated rings. The molecule has 0 saturated heterocycles. The summed E-state index contributed by atoms with van der Waals surface area (Å²) in [6.07, 6.45) is 2.39. The number of aliphatic hydroxyl groups excluding tert-OH is 2. The van der Waals surface area contributed by atoms with Crippen molar-refractivity contribution in [3.05, 3.63) is 35.4 Å². The van der Waals surface area contributed by atoms with Crippen LogP contribution in [0.5, 0.6) is 5.75 Å². The summed E-state index contributed by atoms with van der Waals surface area (Å²) in [6.45, 7) is 3.57. The molecular formula is C18H26O7S. The molecular weight excluding hydrogens is 360 g/mol. The quantitative estimate of drug-likeness (QED) is 0.554. The fourth-order valence-corrected chi connectivity index (χ4v) is 3.33. The Labute approximate surface area is 154 Å². The summed E-state index contributed by atoms with van der Waals surface area (Å²) in [4.78, 5) is -1.92. The Balaban J connectivity index is 2.22. The number of hydrogen-bond acceptors (Lipinski definition) is 6. The van der Waals surface area contributed by atoms with E-state index >= 15 is 0 Å². The normalized spacial score (nSPS) is 21.9. The summed E-state index contributed by atoms with van der Waals surface area (Å²) in [5.41, 5.74) is 1.41. The van der Waals surface area contributed by atoms with Gasteiger partial charge in [0.25, 0.3) is 10.1 Å². The van der Waals surface area contributed by atoms with E-state index in [1.54, 1.807) is 31.2 Å². The topological polar surface area (TPSA) is 113 Å². The Bertz CT molecular complexity index is 744. The maximum Gasteiger partial charge on any atom is 0.299 e. The highest BCUT2D eigenvalue weighted by Crippen LogP contribution is 2.34. The molecule has 3 atom stereocenters. The second-order valence-electron chi connectivity index (χ2n) is 6.40. The number of benzene rings is 1. The van der Waals surface area contributed by atoms with Crippen molar-refractivity contribution in [2.75, 3.05) is 13.2 Å². The Hall–Kier alpha value is -1.45. The predicted molar refractivity (Wildman–Crippen MR) is 97.5 cm³/mol. The smallest absolute Gasteiger partial charge is 0.299 e. The van der Waals surface area contributed by atoms with Crippen LogP contribution in [0, 0.1) is 0 Å². The minimum Gasteiger partial charge on any atom is -0.491 e. The summed E-state index contributed by atoms with van der Waals surface area (Å²) in [5.74, 6) is 0.558. The molecule has 0 saturated carbocycles. The molecule has 3 unspecified atom stereocenters. The maximum absolute atomic E-state index is 11.9. The summed E-state index contributed by atoms with van der Waals surface area (Å²) in [7, 11) is -4.55. The highest BCUT2D eigenvalue weighted by Gasteiger charge is 2.44. The van der Waals surface area contributed by atoms with Crippen molar-refractivity contribution in [1.29, 1.82) is 0 Å². The van der Waals surface area contributed by atoms with E-state index in [0.29, 0.717) is 24.2 Å². The zero-order chi connectivity index (χ0) is 19.4. The van der Waals surface area contributed by atoms with Crippen LogP contribution in [0.4, 0.5) is 0 Å². The summed E-state index contributed by atoms with van der Waals surface area (Å²) < 4.78 is 44.5. The molecule has 26 heavy (non-hydrogen) atoms. The predicted octanol–water partition coefficient (Wildman–Crippen LogP) is 1.78. The summed E-state index contributed by atoms with van der Waals surface area (Å²) in [5, 5.41) is 19.2. The number of ether oxygens (including phenoxy) is 2. The molecule has 0 aliphatic heterocycles. The van der Waals surface area contributed by atoms with Gasteiger partial charge in [-0.2, -0.15) is 8.42 Å². The first-order chi connectivity index (χ1) is 12.2. The number of aliphatic hydroxyl groups is 2. The van der Waals surface area contributed by atoms with Crippen LogP contribution in [0.1, 0.15) is 37.8 Å². The lowest BCUT2D eigenvalue weighted by atomic mass is 9.95. The molecule has 0 radical (unpaired) electrons. The third-order valence-corrected chi connectivity index (χ3v) is 5.68. The molecule has 7 nitrogen and oxygen atoms in total. The van der Waals surface area contributed by atoms with Crippen LogP contribution in [0.3, 0.4) is 0 Å². The second-order valence-corrected chi connectivity index (χ2v) is 8.04. The van der Waals surface area contributed by atoms with Crippen molar-refractivity contribution in [2.45, 2.75) is 50.3 Å². The number of hydrogen-bond donors (Lipinski definition) is 3. The Morgan fingerprint density at radius 2 is 1.81 bits per heavy atom. The van der Waals surface area contributed by atoms with Gasteiger partial charge in [-0.05, 0) is 42.2 Å². The zero-order valence-electron chi connectivity index (χ0n) is 15.0. The van der Waals surface area contributed by atoms with Gasteiger partial charge in [0.05, 0.1) is 18.8 Å². The van der Waals surface area contributed by atoms with E-state index in [-0.39, 0.29) is 19.6 Å². The van der Waals surface area contributed by atoms with E-state index < -0.39 is 27.3 Å². The molecule has 2 rings (SSSR count). The highest BCUT2D eigenvalue weighted by atomic mass is 32.2. The molecule has 8 heteroatoms. The molecule has 146 valence electrons. The lowest BCUT2D eigenvalue weighted by Crippen LogP contribution is -2.44. The van der Waals surface area contributed by atoms with E-state index in [9.17, 15) is 23.2 Å². The first-order valence-corrected chi connectivity index (χ1v) is 10.1. The molecule has 3 N–H and O–H groups in total. The van der Waals surface area contributed by atoms with Crippen LogP contribution in [0.25, 0.3) is 6.08 Å². The van der Waals surface area contributed by atoms with Gasteiger partial charge >= 0.3 is 0 Å². The number of fused-ring (bicyclic) bond motifs is 1. The van der Waals surface area contributed by atoms with Gasteiger partial charge in [0.2, 0.25) is 4.93 Å². The maximum atomic E-state index is 11.9. The van der Waals surface area contributed by atoms with Gasteiger partial charge < -0.3 is 19.7 Å². The monoisotopic (exact) mass is 386 g/mol. The van der Waals surface area contributed by atoms with Gasteiger partial charge in [0.1, 0.15) is 12.4 Å². The molecule has 0 amide bonds. The van der Waals surface area contributed by atoms with Crippen molar-refractivity contribution < 1.29 is 32.7 Å². The summed E-state index contributed by atoms with van der Waals surface area (Å²) >= 11 is 0. The van der Waals surface area contributed by atoms with E-state index in [1.165, 1.54) is 6.08 Å². The third-order valence-electron chi connectivity index (χ3n) is 4.41. The summed E-state index contributed by atoms with van der Waals surface area (Å²) in [6, 6.07) is 5.12. The lowest BCUT2D eigenvalue weighted by Gasteiger charge is -2.32. The Kier molecular flexibility index (Phi) is 6.81. The van der Waals surface area contributed by atoms with Crippen LogP contribution in [-0.2, 0) is 21.3 Å². The zero-order valence-corrected chi connectivity index (χ0v) is 15.8. The van der Waals surface area contributed by atoms with Gasteiger partial charge in [-0.15, -0.1) is 0 Å². The molecule has 1 aromatic rings. The first-order valence-electron chi connectivity index (χ1n) is 8.63. The van der Waals surface area contributed by atoms with Crippen LogP contribution in [-0.4, -0.2) is 53.5 Å². The fraction of sp³-hybridized carbons (Fsp3) is 0.556. The minimum atomic E-state index is -4.55. The van der Waals surface area contributed by atoms with Gasteiger partial charge in [-0.1, -0.05) is 26.0 Å². The van der Waals surface area contributed by atoms with E-state index in [0.717, 1.165) is 5.56 Å². The van der Waals surface area contributed by atoms with Gasteiger partial charge in [-0.25, -0.2) is 0 Å². The first kappa shape index (κ1) is 20.9. The molecule has 0 aromatic heterocycles. The van der Waals surface area contributed by atoms with E-state index in [2.05, 4.69) is 0 Å². The van der Waals surface area contributed by atoms with Gasteiger partial charge in [0, 0.05) is 6.42 Å². The van der Waals surface area contributed by atoms with Crippen molar-refractivity contribution in [3.8, 4) is 5.75 Å². The largest absolute Gasteiger partial charge is 0.491 e. The van der Waals surface area contributed by atoms with Crippen molar-refractivity contribution >= 4 is 16.2 Å². The van der Waals surface area contributed by atoms with Crippen LogP contribution in [0.15, 0.2) is 24.3 Å². The molecule has 1 aromatic carbocycles. The van der Waals surface area contributed by atoms with E-state index in [4.69, 9.17) is 9.47 Å². The van der Waals surface area contributed by atoms with Gasteiger partial charge in [0.15, 0.2) is 0 Å². The second kappa shape index (κ2) is 8.49. The molecule has 0 bridgehead atoms. The molecule has 0 spiro atoms. The molecule has 0 heterocycles. The number of rotatable bonds is 9. The Morgan fingerprint density at radius 1 is 1.15 bits per heavy atom. The van der Waals surface area contributed by atoms with Crippen LogP contribution in [0.2, 0.25) is 0 Å². The van der Waals surface area contributed by atoms with Crippen LogP contribution >= 0.6 is 0 Å². The van der Waals surface area contributed by atoms with E-state index in [1.807, 2.05) is 6.92 Å². The molecule has 1 aliphatic carbocycles. The van der Waals surface area contributed by atoms with Crippen molar-refractivity contribution in [3.63, 3.8) is 0 Å².